The zero-order chi connectivity index (χ0) is 13.9. The van der Waals surface area contributed by atoms with E-state index in [4.69, 9.17) is 11.6 Å². The molecule has 0 aromatic heterocycles. The highest BCUT2D eigenvalue weighted by molar-refractivity contribution is 6.31. The third-order valence-electron chi connectivity index (χ3n) is 4.87. The summed E-state index contributed by atoms with van der Waals surface area (Å²) in [6, 6.07) is 6.59. The standard InChI is InChI=1S/C17H25ClN2/c1-2-8-19-10-13-6-7-16(9-17(13)18)20-11-14-4-3-5-15(14)12-20/h6-7,9,14-15,19H,2-5,8,10-12H2,1H3. The van der Waals surface area contributed by atoms with E-state index in [9.17, 15) is 0 Å². The Morgan fingerprint density at radius 3 is 2.65 bits per heavy atom. The summed E-state index contributed by atoms with van der Waals surface area (Å²) in [6.07, 6.45) is 5.44. The quantitative estimate of drug-likeness (QED) is 0.823. The minimum Gasteiger partial charge on any atom is -0.371 e. The van der Waals surface area contributed by atoms with E-state index in [1.165, 1.54) is 43.6 Å². The maximum Gasteiger partial charge on any atom is 0.0471 e. The molecule has 20 heavy (non-hydrogen) atoms. The van der Waals surface area contributed by atoms with Gasteiger partial charge >= 0.3 is 0 Å². The summed E-state index contributed by atoms with van der Waals surface area (Å²) in [5.41, 5.74) is 2.52. The molecule has 0 radical (unpaired) electrons. The molecule has 2 atom stereocenters. The Hall–Kier alpha value is -0.730. The number of nitrogens with one attached hydrogen (secondary N) is 1. The molecule has 0 spiro atoms. The first-order valence-electron chi connectivity index (χ1n) is 8.02. The van der Waals surface area contributed by atoms with Crippen molar-refractivity contribution in [1.29, 1.82) is 0 Å². The fraction of sp³-hybridized carbons (Fsp3) is 0.647. The van der Waals surface area contributed by atoms with E-state index in [1.54, 1.807) is 0 Å². The molecule has 1 aliphatic carbocycles. The van der Waals surface area contributed by atoms with E-state index in [0.29, 0.717) is 0 Å². The van der Waals surface area contributed by atoms with Crippen molar-refractivity contribution >= 4 is 17.3 Å². The van der Waals surface area contributed by atoms with Crippen LogP contribution in [0.2, 0.25) is 5.02 Å². The van der Waals surface area contributed by atoms with Gasteiger partial charge in [0.25, 0.3) is 0 Å². The van der Waals surface area contributed by atoms with Crippen LogP contribution in [0.1, 0.15) is 38.2 Å². The molecular weight excluding hydrogens is 268 g/mol. The van der Waals surface area contributed by atoms with Crippen LogP contribution in [0, 0.1) is 11.8 Å². The summed E-state index contributed by atoms with van der Waals surface area (Å²) < 4.78 is 0. The first kappa shape index (κ1) is 14.2. The van der Waals surface area contributed by atoms with Gasteiger partial charge in [-0.05, 0) is 55.3 Å². The van der Waals surface area contributed by atoms with Crippen LogP contribution in [0.15, 0.2) is 18.2 Å². The molecule has 1 aromatic rings. The Kier molecular flexibility index (Phi) is 4.52. The first-order chi connectivity index (χ1) is 9.78. The number of fused-ring (bicyclic) bond motifs is 1. The van der Waals surface area contributed by atoms with Gasteiger partial charge in [0.15, 0.2) is 0 Å². The van der Waals surface area contributed by atoms with Crippen LogP contribution in [-0.2, 0) is 6.54 Å². The predicted molar refractivity (Wildman–Crippen MR) is 86.5 cm³/mol. The number of halogens is 1. The van der Waals surface area contributed by atoms with Crippen molar-refractivity contribution in [1.82, 2.24) is 5.32 Å². The molecule has 1 saturated carbocycles. The van der Waals surface area contributed by atoms with E-state index in [1.807, 2.05) is 0 Å². The van der Waals surface area contributed by atoms with Gasteiger partial charge in [0.1, 0.15) is 0 Å². The van der Waals surface area contributed by atoms with E-state index < -0.39 is 0 Å². The van der Waals surface area contributed by atoms with Crippen molar-refractivity contribution < 1.29 is 0 Å². The van der Waals surface area contributed by atoms with Crippen LogP contribution in [-0.4, -0.2) is 19.6 Å². The third-order valence-corrected chi connectivity index (χ3v) is 5.22. The highest BCUT2D eigenvalue weighted by Gasteiger charge is 2.36. The Morgan fingerprint density at radius 1 is 1.25 bits per heavy atom. The lowest BCUT2D eigenvalue weighted by Gasteiger charge is -2.20. The van der Waals surface area contributed by atoms with Gasteiger partial charge in [-0.1, -0.05) is 31.0 Å². The van der Waals surface area contributed by atoms with Crippen molar-refractivity contribution in [3.8, 4) is 0 Å². The normalized spacial score (nSPS) is 25.2. The first-order valence-corrected chi connectivity index (χ1v) is 8.40. The van der Waals surface area contributed by atoms with Gasteiger partial charge in [-0.25, -0.2) is 0 Å². The molecule has 0 amide bonds. The van der Waals surface area contributed by atoms with Crippen molar-refractivity contribution in [3.63, 3.8) is 0 Å². The van der Waals surface area contributed by atoms with E-state index >= 15 is 0 Å². The molecule has 1 N–H and O–H groups in total. The Balaban J connectivity index is 1.65. The topological polar surface area (TPSA) is 15.3 Å². The fourth-order valence-electron chi connectivity index (χ4n) is 3.72. The average molecular weight is 293 g/mol. The molecule has 1 saturated heterocycles. The molecule has 110 valence electrons. The number of anilines is 1. The molecule has 1 aliphatic heterocycles. The van der Waals surface area contributed by atoms with Crippen molar-refractivity contribution in [2.24, 2.45) is 11.8 Å². The van der Waals surface area contributed by atoms with E-state index in [0.717, 1.165) is 36.4 Å². The molecule has 1 aromatic carbocycles. The second kappa shape index (κ2) is 6.36. The molecule has 3 rings (SSSR count). The number of rotatable bonds is 5. The number of hydrogen-bond donors (Lipinski definition) is 1. The molecule has 1 heterocycles. The molecule has 0 bridgehead atoms. The molecule has 2 nitrogen and oxygen atoms in total. The summed E-state index contributed by atoms with van der Waals surface area (Å²) in [6.45, 7) is 6.57. The minimum absolute atomic E-state index is 0.873. The lowest BCUT2D eigenvalue weighted by Crippen LogP contribution is -2.21. The maximum atomic E-state index is 6.44. The second-order valence-electron chi connectivity index (χ2n) is 6.31. The molecule has 2 aliphatic rings. The van der Waals surface area contributed by atoms with Crippen LogP contribution in [0.4, 0.5) is 5.69 Å². The highest BCUT2D eigenvalue weighted by atomic mass is 35.5. The summed E-state index contributed by atoms with van der Waals surface area (Å²) in [5.74, 6) is 1.86. The average Bonchev–Trinajstić information content (AvgIpc) is 3.01. The van der Waals surface area contributed by atoms with Gasteiger partial charge in [0.2, 0.25) is 0 Å². The van der Waals surface area contributed by atoms with E-state index in [-0.39, 0.29) is 0 Å². The summed E-state index contributed by atoms with van der Waals surface area (Å²) in [5, 5.41) is 4.32. The highest BCUT2D eigenvalue weighted by Crippen LogP contribution is 2.40. The maximum absolute atomic E-state index is 6.44. The van der Waals surface area contributed by atoms with Crippen molar-refractivity contribution in [2.75, 3.05) is 24.5 Å². The summed E-state index contributed by atoms with van der Waals surface area (Å²) in [7, 11) is 0. The minimum atomic E-state index is 0.873. The van der Waals surface area contributed by atoms with Crippen LogP contribution >= 0.6 is 11.6 Å². The fourth-order valence-corrected chi connectivity index (χ4v) is 3.96. The molecule has 2 unspecified atom stereocenters. The lowest BCUT2D eigenvalue weighted by molar-refractivity contribution is 0.494. The predicted octanol–water partition coefficient (Wildman–Crippen LogP) is 4.08. The van der Waals surface area contributed by atoms with Crippen LogP contribution < -0.4 is 10.2 Å². The Labute approximate surface area is 127 Å². The third kappa shape index (κ3) is 2.96. The molecule has 2 fully saturated rings. The molecule has 3 heteroatoms. The number of benzene rings is 1. The summed E-state index contributed by atoms with van der Waals surface area (Å²) in [4.78, 5) is 2.53. The largest absolute Gasteiger partial charge is 0.371 e. The number of nitrogens with zero attached hydrogens (tertiary/aromatic N) is 1. The van der Waals surface area contributed by atoms with Gasteiger partial charge in [-0.3, -0.25) is 0 Å². The van der Waals surface area contributed by atoms with Gasteiger partial charge in [0, 0.05) is 30.3 Å². The van der Waals surface area contributed by atoms with E-state index in [2.05, 4.69) is 35.3 Å². The van der Waals surface area contributed by atoms with Crippen LogP contribution in [0.3, 0.4) is 0 Å². The smallest absolute Gasteiger partial charge is 0.0471 e. The Bertz CT molecular complexity index is 448. The lowest BCUT2D eigenvalue weighted by atomic mass is 10.0. The zero-order valence-electron chi connectivity index (χ0n) is 12.4. The zero-order valence-corrected chi connectivity index (χ0v) is 13.1. The Morgan fingerprint density at radius 2 is 2.00 bits per heavy atom. The van der Waals surface area contributed by atoms with Gasteiger partial charge in [0.05, 0.1) is 0 Å². The van der Waals surface area contributed by atoms with Crippen LogP contribution in [0.25, 0.3) is 0 Å². The van der Waals surface area contributed by atoms with Gasteiger partial charge in [-0.2, -0.15) is 0 Å². The number of hydrogen-bond acceptors (Lipinski definition) is 2. The second-order valence-corrected chi connectivity index (χ2v) is 6.72. The monoisotopic (exact) mass is 292 g/mol. The van der Waals surface area contributed by atoms with Crippen molar-refractivity contribution in [2.45, 2.75) is 39.2 Å². The van der Waals surface area contributed by atoms with Gasteiger partial charge < -0.3 is 10.2 Å². The molecular formula is C17H25ClN2. The summed E-state index contributed by atoms with van der Waals surface area (Å²) >= 11 is 6.44. The van der Waals surface area contributed by atoms with Crippen molar-refractivity contribution in [3.05, 3.63) is 28.8 Å². The van der Waals surface area contributed by atoms with Gasteiger partial charge in [-0.15, -0.1) is 0 Å². The van der Waals surface area contributed by atoms with Crippen LogP contribution in [0.5, 0.6) is 0 Å². The SMILES string of the molecule is CCCNCc1ccc(N2CC3CCCC3C2)cc1Cl.